The van der Waals surface area contributed by atoms with E-state index in [0.717, 1.165) is 0 Å². The molecule has 78 valence electrons. The molecule has 0 saturated carbocycles. The van der Waals surface area contributed by atoms with E-state index in [0.29, 0.717) is 13.1 Å². The average molecular weight is 230 g/mol. The third kappa shape index (κ3) is 3.43. The van der Waals surface area contributed by atoms with Crippen LogP contribution in [0.1, 0.15) is 13.3 Å². The molecule has 1 N–H and O–H groups in total. The van der Waals surface area contributed by atoms with Crippen molar-refractivity contribution in [3.8, 4) is 0 Å². The van der Waals surface area contributed by atoms with Crippen molar-refractivity contribution in [3.05, 3.63) is 12.4 Å². The molecule has 0 spiro atoms. The van der Waals surface area contributed by atoms with Crippen LogP contribution in [0, 0.1) is 0 Å². The van der Waals surface area contributed by atoms with Crippen LogP contribution in [-0.4, -0.2) is 71.4 Å². The summed E-state index contributed by atoms with van der Waals surface area (Å²) >= 11 is 0. The van der Waals surface area contributed by atoms with Gasteiger partial charge in [0.05, 0.1) is 6.67 Å². The number of rotatable bonds is 3. The Morgan fingerprint density at radius 1 is 1.50 bits per heavy atom. The van der Waals surface area contributed by atoms with Crippen LogP contribution in [0.2, 0.25) is 0 Å². The predicted molar refractivity (Wildman–Crippen MR) is 56.4 cm³/mol. The minimum absolute atomic E-state index is 0. The van der Waals surface area contributed by atoms with Gasteiger partial charge in [0.25, 0.3) is 10.1 Å². The van der Waals surface area contributed by atoms with Crippen LogP contribution in [0.4, 0.5) is 0 Å². The van der Waals surface area contributed by atoms with Crippen LogP contribution in [0.5, 0.6) is 0 Å². The van der Waals surface area contributed by atoms with Crippen molar-refractivity contribution < 1.29 is 13.0 Å². The fraction of sp³-hybridized carbons (Fsp3) is 0.714. The van der Waals surface area contributed by atoms with Gasteiger partial charge in [-0.25, -0.2) is 0 Å². The van der Waals surface area contributed by atoms with Gasteiger partial charge in [-0.1, -0.05) is 6.92 Å². The van der Waals surface area contributed by atoms with E-state index in [-0.39, 0.29) is 29.6 Å². The van der Waals surface area contributed by atoms with Gasteiger partial charge < -0.3 is 9.80 Å². The van der Waals surface area contributed by atoms with Gasteiger partial charge in [0, 0.05) is 19.4 Å². The molecule has 0 aromatic rings. The third-order valence-electron chi connectivity index (χ3n) is 1.96. The SMILES string of the molecule is CCC(N1C=CN(C)C1)S(=O)(=O)O.[NaH]. The zero-order valence-electron chi connectivity index (χ0n) is 7.71. The standard InChI is InChI=1S/C7H14N2O3S.Na.H/c1-3-7(13(10,11)12)9-5-4-8(2)6-9;;/h4-5,7H,3,6H2,1-2H3,(H,10,11,12);;. The summed E-state index contributed by atoms with van der Waals surface area (Å²) < 4.78 is 30.7. The summed E-state index contributed by atoms with van der Waals surface area (Å²) in [6, 6.07) is 0. The quantitative estimate of drug-likeness (QED) is 0.530. The van der Waals surface area contributed by atoms with Crippen molar-refractivity contribution in [2.24, 2.45) is 0 Å². The summed E-state index contributed by atoms with van der Waals surface area (Å²) in [5.74, 6) is 0. The summed E-state index contributed by atoms with van der Waals surface area (Å²) in [5, 5.41) is -0.825. The second-order valence-electron chi connectivity index (χ2n) is 3.09. The monoisotopic (exact) mass is 230 g/mol. The van der Waals surface area contributed by atoms with Crippen LogP contribution in [-0.2, 0) is 10.1 Å². The Labute approximate surface area is 107 Å². The fourth-order valence-corrected chi connectivity index (χ4v) is 2.25. The van der Waals surface area contributed by atoms with E-state index in [9.17, 15) is 8.42 Å². The minimum atomic E-state index is -3.97. The molecule has 1 aliphatic rings. The average Bonchev–Trinajstić information content (AvgIpc) is 2.34. The van der Waals surface area contributed by atoms with Gasteiger partial charge in [-0.15, -0.1) is 0 Å². The van der Waals surface area contributed by atoms with Crippen molar-refractivity contribution in [2.45, 2.75) is 18.7 Å². The maximum absolute atomic E-state index is 10.9. The molecule has 1 rings (SSSR count). The number of hydrogen-bond donors (Lipinski definition) is 1. The van der Waals surface area contributed by atoms with Crippen molar-refractivity contribution in [3.63, 3.8) is 0 Å². The Bertz CT molecular complexity index is 304. The summed E-state index contributed by atoms with van der Waals surface area (Å²) in [7, 11) is -2.13. The summed E-state index contributed by atoms with van der Waals surface area (Å²) in [6.45, 7) is 2.23. The molecule has 5 nitrogen and oxygen atoms in total. The molecular formula is C7H15N2NaO3S. The fourth-order valence-electron chi connectivity index (χ4n) is 1.35. The molecule has 0 fully saturated rings. The molecule has 1 unspecified atom stereocenters. The zero-order chi connectivity index (χ0) is 10.1. The molecule has 0 bridgehead atoms. The molecule has 1 atom stereocenters. The van der Waals surface area contributed by atoms with Gasteiger partial charge in [0.2, 0.25) is 0 Å². The molecule has 0 aromatic carbocycles. The van der Waals surface area contributed by atoms with Crippen molar-refractivity contribution in [1.29, 1.82) is 0 Å². The van der Waals surface area contributed by atoms with Crippen molar-refractivity contribution >= 4 is 39.7 Å². The van der Waals surface area contributed by atoms with Crippen LogP contribution < -0.4 is 0 Å². The van der Waals surface area contributed by atoms with Crippen molar-refractivity contribution in [2.75, 3.05) is 13.7 Å². The maximum atomic E-state index is 10.9. The Hall–Kier alpha value is 0.250. The normalized spacial score (nSPS) is 18.2. The molecule has 0 amide bonds. The molecule has 0 aromatic heterocycles. The molecule has 1 aliphatic heterocycles. The second-order valence-corrected chi connectivity index (χ2v) is 4.66. The third-order valence-corrected chi connectivity index (χ3v) is 3.25. The van der Waals surface area contributed by atoms with E-state index in [1.165, 1.54) is 0 Å². The first-order valence-electron chi connectivity index (χ1n) is 4.05. The van der Waals surface area contributed by atoms with Gasteiger partial charge in [-0.3, -0.25) is 4.55 Å². The van der Waals surface area contributed by atoms with Gasteiger partial charge in [-0.2, -0.15) is 8.42 Å². The van der Waals surface area contributed by atoms with Crippen LogP contribution in [0.25, 0.3) is 0 Å². The van der Waals surface area contributed by atoms with Crippen LogP contribution >= 0.6 is 0 Å². The first kappa shape index (κ1) is 14.2. The Balaban J connectivity index is 0.00000169. The molecule has 0 aliphatic carbocycles. The van der Waals surface area contributed by atoms with Crippen LogP contribution in [0.3, 0.4) is 0 Å². The van der Waals surface area contributed by atoms with E-state index in [1.54, 1.807) is 24.2 Å². The summed E-state index contributed by atoms with van der Waals surface area (Å²) in [6.07, 6.45) is 3.81. The Morgan fingerprint density at radius 3 is 2.36 bits per heavy atom. The van der Waals surface area contributed by atoms with Gasteiger partial charge >= 0.3 is 29.6 Å². The van der Waals surface area contributed by atoms with E-state index in [4.69, 9.17) is 4.55 Å². The Morgan fingerprint density at radius 2 is 2.07 bits per heavy atom. The molecule has 0 radical (unpaired) electrons. The second kappa shape index (κ2) is 5.37. The Kier molecular flexibility index (Phi) is 5.46. The van der Waals surface area contributed by atoms with E-state index in [2.05, 4.69) is 0 Å². The van der Waals surface area contributed by atoms with Gasteiger partial charge in [0.1, 0.15) is 0 Å². The molecule has 7 heteroatoms. The van der Waals surface area contributed by atoms with E-state index in [1.807, 2.05) is 11.9 Å². The molecule has 14 heavy (non-hydrogen) atoms. The van der Waals surface area contributed by atoms with Gasteiger partial charge in [-0.05, 0) is 6.42 Å². The first-order chi connectivity index (χ1) is 5.95. The van der Waals surface area contributed by atoms with Crippen LogP contribution in [0.15, 0.2) is 12.4 Å². The zero-order valence-corrected chi connectivity index (χ0v) is 8.53. The molecular weight excluding hydrogens is 215 g/mol. The predicted octanol–water partition coefficient (Wildman–Crippen LogP) is -0.362. The van der Waals surface area contributed by atoms with E-state index < -0.39 is 15.5 Å². The number of hydrogen-bond acceptors (Lipinski definition) is 4. The molecule has 1 heterocycles. The first-order valence-corrected chi connectivity index (χ1v) is 5.56. The number of nitrogens with zero attached hydrogens (tertiary/aromatic N) is 2. The topological polar surface area (TPSA) is 60.9 Å². The van der Waals surface area contributed by atoms with Crippen molar-refractivity contribution in [1.82, 2.24) is 9.80 Å². The van der Waals surface area contributed by atoms with E-state index >= 15 is 0 Å². The summed E-state index contributed by atoms with van der Waals surface area (Å²) in [4.78, 5) is 3.43. The van der Waals surface area contributed by atoms with Gasteiger partial charge in [0.15, 0.2) is 5.37 Å². The summed E-state index contributed by atoms with van der Waals surface area (Å²) in [5.41, 5.74) is 0. The molecule has 0 saturated heterocycles.